The first-order chi connectivity index (χ1) is 16.3. The molecule has 0 bridgehead atoms. The number of terminal acetylenes is 1. The Labute approximate surface area is 201 Å². The first-order valence-electron chi connectivity index (χ1n) is 11.4. The zero-order valence-corrected chi connectivity index (χ0v) is 20.1. The Hall–Kier alpha value is -3.63. The van der Waals surface area contributed by atoms with Gasteiger partial charge in [-0.05, 0) is 50.3 Å². The Bertz CT molecular complexity index is 1080. The predicted octanol–water partition coefficient (Wildman–Crippen LogP) is 4.09. The highest BCUT2D eigenvalue weighted by Gasteiger charge is 2.21. The minimum absolute atomic E-state index is 0.279. The lowest BCUT2D eigenvalue weighted by molar-refractivity contribution is -0.754. The summed E-state index contributed by atoms with van der Waals surface area (Å²) in [5.74, 6) is 2.44. The standard InChI is InChI=1S/C27H32N4O3/c1-5-18-33-20-24-19-31(30-29-24)17-9-10-21-13-15-23(16-14-21)25(22-11-7-6-8-12-22)28-26(32)34-27(2,3)4/h1,6-8,11-16,19,25H,9-10,17-18,20H2,2-4H3,(H,28,32)/p+1/t25-/m0/s1. The van der Waals surface area contributed by atoms with Crippen molar-refractivity contribution in [2.45, 2.75) is 58.4 Å². The maximum Gasteiger partial charge on any atom is 0.408 e. The molecule has 3 aromatic rings. The molecule has 1 aromatic heterocycles. The Morgan fingerprint density at radius 3 is 2.53 bits per heavy atom. The molecule has 7 nitrogen and oxygen atoms in total. The molecule has 1 amide bonds. The van der Waals surface area contributed by atoms with Gasteiger partial charge in [-0.25, -0.2) is 4.79 Å². The van der Waals surface area contributed by atoms with Gasteiger partial charge >= 0.3 is 6.09 Å². The number of hydrogen-bond donors (Lipinski definition) is 2. The third-order valence-electron chi connectivity index (χ3n) is 5.03. The quantitative estimate of drug-likeness (QED) is 0.271. The van der Waals surface area contributed by atoms with Gasteiger partial charge in [0.2, 0.25) is 5.69 Å². The van der Waals surface area contributed by atoms with Crippen molar-refractivity contribution in [3.63, 3.8) is 0 Å². The summed E-state index contributed by atoms with van der Waals surface area (Å²) in [6.07, 6.45) is 8.56. The van der Waals surface area contributed by atoms with Gasteiger partial charge < -0.3 is 14.8 Å². The van der Waals surface area contributed by atoms with Crippen LogP contribution in [0.25, 0.3) is 0 Å². The molecule has 34 heavy (non-hydrogen) atoms. The third kappa shape index (κ3) is 8.05. The number of ether oxygens (including phenoxy) is 2. The molecular formula is C27H33N4O3+. The molecule has 0 spiro atoms. The van der Waals surface area contributed by atoms with Gasteiger partial charge in [0, 0.05) is 5.10 Å². The summed E-state index contributed by atoms with van der Waals surface area (Å²) in [6, 6.07) is 18.0. The van der Waals surface area contributed by atoms with Crippen LogP contribution in [0.2, 0.25) is 0 Å². The number of aromatic nitrogens is 3. The number of amides is 1. The lowest BCUT2D eigenvalue weighted by Gasteiger charge is -2.24. The number of aromatic amines is 1. The summed E-state index contributed by atoms with van der Waals surface area (Å²) < 4.78 is 12.7. The molecule has 2 N–H and O–H groups in total. The van der Waals surface area contributed by atoms with Crippen LogP contribution in [0.15, 0.2) is 60.8 Å². The van der Waals surface area contributed by atoms with Crippen LogP contribution < -0.4 is 10.00 Å². The summed E-state index contributed by atoms with van der Waals surface area (Å²) in [5.41, 5.74) is 3.49. The van der Waals surface area contributed by atoms with E-state index in [0.717, 1.165) is 36.2 Å². The van der Waals surface area contributed by atoms with E-state index in [2.05, 4.69) is 45.8 Å². The molecular weight excluding hydrogens is 428 g/mol. The smallest absolute Gasteiger partial charge is 0.408 e. The van der Waals surface area contributed by atoms with Crippen LogP contribution in [0, 0.1) is 12.3 Å². The van der Waals surface area contributed by atoms with Crippen LogP contribution >= 0.6 is 0 Å². The van der Waals surface area contributed by atoms with E-state index in [1.54, 1.807) is 0 Å². The number of rotatable bonds is 10. The zero-order valence-electron chi connectivity index (χ0n) is 20.1. The molecule has 0 saturated carbocycles. The van der Waals surface area contributed by atoms with Crippen LogP contribution in [0.4, 0.5) is 4.79 Å². The lowest BCUT2D eigenvalue weighted by Crippen LogP contribution is -2.35. The molecule has 0 radical (unpaired) electrons. The normalized spacial score (nSPS) is 12.1. The van der Waals surface area contributed by atoms with Crippen molar-refractivity contribution >= 4 is 6.09 Å². The van der Waals surface area contributed by atoms with E-state index >= 15 is 0 Å². The maximum absolute atomic E-state index is 12.5. The van der Waals surface area contributed by atoms with Crippen LogP contribution in [-0.2, 0) is 29.0 Å². The number of H-pyrrole nitrogens is 1. The van der Waals surface area contributed by atoms with Crippen molar-refractivity contribution in [1.29, 1.82) is 0 Å². The number of carbonyl (C=O) groups excluding carboxylic acids is 1. The second-order valence-electron chi connectivity index (χ2n) is 9.06. The topological polar surface area (TPSA) is 80.1 Å². The molecule has 1 atom stereocenters. The van der Waals surface area contributed by atoms with Crippen molar-refractivity contribution < 1.29 is 19.0 Å². The summed E-state index contributed by atoms with van der Waals surface area (Å²) in [7, 11) is 0. The van der Waals surface area contributed by atoms with E-state index in [-0.39, 0.29) is 12.6 Å². The van der Waals surface area contributed by atoms with Crippen LogP contribution in [-0.4, -0.2) is 28.6 Å². The van der Waals surface area contributed by atoms with E-state index in [1.807, 2.05) is 62.0 Å². The number of benzene rings is 2. The second-order valence-corrected chi connectivity index (χ2v) is 9.06. The van der Waals surface area contributed by atoms with Crippen molar-refractivity contribution in [3.05, 3.63) is 83.2 Å². The van der Waals surface area contributed by atoms with Gasteiger partial charge in [0.25, 0.3) is 0 Å². The number of nitrogens with zero attached hydrogens (tertiary/aromatic N) is 2. The van der Waals surface area contributed by atoms with E-state index in [1.165, 1.54) is 5.56 Å². The number of alkyl carbamates (subject to hydrolysis) is 1. The molecule has 178 valence electrons. The largest absolute Gasteiger partial charge is 0.444 e. The molecule has 3 rings (SSSR count). The Morgan fingerprint density at radius 1 is 1.15 bits per heavy atom. The maximum atomic E-state index is 12.5. The number of aryl methyl sites for hydroxylation is 2. The minimum atomic E-state index is -0.558. The highest BCUT2D eigenvalue weighted by atomic mass is 16.6. The van der Waals surface area contributed by atoms with Crippen molar-refractivity contribution in [2.24, 2.45) is 0 Å². The fraction of sp³-hybridized carbons (Fsp3) is 0.370. The summed E-state index contributed by atoms with van der Waals surface area (Å²) in [4.78, 5) is 12.5. The van der Waals surface area contributed by atoms with Crippen LogP contribution in [0.5, 0.6) is 0 Å². The molecule has 1 heterocycles. The van der Waals surface area contributed by atoms with Gasteiger partial charge in [-0.15, -0.1) is 6.42 Å². The lowest BCUT2D eigenvalue weighted by atomic mass is 9.97. The molecule has 0 aliphatic heterocycles. The van der Waals surface area contributed by atoms with E-state index in [9.17, 15) is 4.79 Å². The molecule has 0 unspecified atom stereocenters. The SMILES string of the molecule is C#CCOCc1c[n+](CCCc2ccc([C@@H](NC(=O)OC(C)(C)C)c3ccccc3)cc2)[nH]n1. The Kier molecular flexibility index (Phi) is 8.83. The predicted molar refractivity (Wildman–Crippen MR) is 130 cm³/mol. The third-order valence-corrected chi connectivity index (χ3v) is 5.03. The monoisotopic (exact) mass is 461 g/mol. The van der Waals surface area contributed by atoms with Gasteiger partial charge in [-0.2, -0.15) is 4.68 Å². The van der Waals surface area contributed by atoms with E-state index in [4.69, 9.17) is 15.9 Å². The summed E-state index contributed by atoms with van der Waals surface area (Å²) in [6.45, 7) is 7.06. The number of carbonyl (C=O) groups is 1. The summed E-state index contributed by atoms with van der Waals surface area (Å²) in [5, 5.41) is 10.2. The molecule has 0 fully saturated rings. The van der Waals surface area contributed by atoms with Gasteiger partial charge in [-0.3, -0.25) is 0 Å². The van der Waals surface area contributed by atoms with E-state index in [0.29, 0.717) is 6.61 Å². The molecule has 2 aromatic carbocycles. The number of nitrogens with one attached hydrogen (secondary N) is 2. The number of hydrogen-bond acceptors (Lipinski definition) is 4. The average molecular weight is 462 g/mol. The van der Waals surface area contributed by atoms with Crippen LogP contribution in [0.3, 0.4) is 0 Å². The van der Waals surface area contributed by atoms with Gasteiger partial charge in [0.1, 0.15) is 25.4 Å². The minimum Gasteiger partial charge on any atom is -0.444 e. The molecule has 7 heteroatoms. The van der Waals surface area contributed by atoms with Gasteiger partial charge in [0.05, 0.1) is 6.04 Å². The van der Waals surface area contributed by atoms with Crippen molar-refractivity contribution in [3.8, 4) is 12.3 Å². The summed E-state index contributed by atoms with van der Waals surface area (Å²) >= 11 is 0. The second kappa shape index (κ2) is 12.0. The highest BCUT2D eigenvalue weighted by Crippen LogP contribution is 2.23. The Balaban J connectivity index is 1.59. The van der Waals surface area contributed by atoms with Crippen molar-refractivity contribution in [1.82, 2.24) is 15.6 Å². The van der Waals surface area contributed by atoms with Gasteiger partial charge in [-0.1, -0.05) is 65.7 Å². The average Bonchev–Trinajstić information content (AvgIpc) is 3.25. The fourth-order valence-electron chi connectivity index (χ4n) is 3.52. The van der Waals surface area contributed by atoms with Crippen molar-refractivity contribution in [2.75, 3.05) is 6.61 Å². The van der Waals surface area contributed by atoms with Gasteiger partial charge in [0.15, 0.2) is 6.20 Å². The van der Waals surface area contributed by atoms with E-state index < -0.39 is 11.7 Å². The first-order valence-corrected chi connectivity index (χ1v) is 11.4. The molecule has 0 aliphatic rings. The first kappa shape index (κ1) is 25.0. The molecule has 0 aliphatic carbocycles. The zero-order chi connectivity index (χ0) is 24.4. The molecule has 0 saturated heterocycles. The highest BCUT2D eigenvalue weighted by molar-refractivity contribution is 5.69. The Morgan fingerprint density at radius 2 is 1.85 bits per heavy atom. The fourth-order valence-corrected chi connectivity index (χ4v) is 3.52. The van der Waals surface area contributed by atoms with Crippen LogP contribution in [0.1, 0.15) is 55.6 Å².